The molecule has 2 aliphatic rings. The summed E-state index contributed by atoms with van der Waals surface area (Å²) < 4.78 is 0. The van der Waals surface area contributed by atoms with Gasteiger partial charge in [0.1, 0.15) is 0 Å². The van der Waals surface area contributed by atoms with Crippen LogP contribution in [0.15, 0.2) is 68.6 Å². The third-order valence-electron chi connectivity index (χ3n) is 2.64. The summed E-state index contributed by atoms with van der Waals surface area (Å²) in [5, 5.41) is 0. The summed E-state index contributed by atoms with van der Waals surface area (Å²) in [7, 11) is 0. The van der Waals surface area contributed by atoms with E-state index in [4.69, 9.17) is 0 Å². The van der Waals surface area contributed by atoms with Crippen LogP contribution in [0.5, 0.6) is 0 Å². The summed E-state index contributed by atoms with van der Waals surface area (Å²) in [5.41, 5.74) is 4.18. The number of rotatable bonds is 5. The van der Waals surface area contributed by atoms with Crippen molar-refractivity contribution in [3.8, 4) is 0 Å². The van der Waals surface area contributed by atoms with Gasteiger partial charge in [0.05, 0.1) is 34.7 Å². The van der Waals surface area contributed by atoms with Crippen LogP contribution in [0.25, 0.3) is 0 Å². The van der Waals surface area contributed by atoms with Crippen molar-refractivity contribution in [3.63, 3.8) is 0 Å². The molecule has 2 rings (SSSR count). The number of hydrogen-bond donors (Lipinski definition) is 0. The van der Waals surface area contributed by atoms with Gasteiger partial charge >= 0.3 is 0 Å². The standard InChI is InChI=1S/C14H14N4/c1-4-16-9-11-5-6-13(17-11)14-8-7-12(18-14)10(2)15-3/h4-5,7,9H,1-3,6,8H2. The number of hydrogen-bond acceptors (Lipinski definition) is 4. The maximum Gasteiger partial charge on any atom is 0.0848 e. The Labute approximate surface area is 106 Å². The summed E-state index contributed by atoms with van der Waals surface area (Å²) >= 11 is 0. The molecular formula is C14H14N4. The van der Waals surface area contributed by atoms with Crippen LogP contribution in [0.2, 0.25) is 0 Å². The molecule has 0 bridgehead atoms. The number of allylic oxidation sites excluding steroid dienone is 3. The van der Waals surface area contributed by atoms with Crippen LogP contribution < -0.4 is 0 Å². The van der Waals surface area contributed by atoms with Gasteiger partial charge < -0.3 is 0 Å². The van der Waals surface area contributed by atoms with Gasteiger partial charge in [0.15, 0.2) is 0 Å². The molecule has 0 aliphatic carbocycles. The number of aliphatic imine (C=N–C) groups is 4. The second-order valence-corrected chi connectivity index (χ2v) is 3.81. The molecule has 90 valence electrons. The van der Waals surface area contributed by atoms with Gasteiger partial charge in [-0.25, -0.2) is 9.98 Å². The maximum atomic E-state index is 4.47. The lowest BCUT2D eigenvalue weighted by molar-refractivity contribution is 1.28. The summed E-state index contributed by atoms with van der Waals surface area (Å²) in [6.07, 6.45) is 8.73. The van der Waals surface area contributed by atoms with Crippen LogP contribution in [0.4, 0.5) is 0 Å². The summed E-state index contributed by atoms with van der Waals surface area (Å²) in [5.74, 6) is 0. The first-order chi connectivity index (χ1) is 8.74. The Balaban J connectivity index is 2.09. The average Bonchev–Trinajstić information content (AvgIpc) is 3.03. The minimum Gasteiger partial charge on any atom is -0.263 e. The first-order valence-corrected chi connectivity index (χ1v) is 5.60. The Kier molecular flexibility index (Phi) is 3.57. The second kappa shape index (κ2) is 5.31. The molecule has 4 nitrogen and oxygen atoms in total. The molecule has 0 atom stereocenters. The molecule has 0 aromatic rings. The Morgan fingerprint density at radius 3 is 2.67 bits per heavy atom. The third-order valence-corrected chi connectivity index (χ3v) is 2.64. The van der Waals surface area contributed by atoms with E-state index in [1.165, 1.54) is 6.20 Å². The van der Waals surface area contributed by atoms with Crippen LogP contribution >= 0.6 is 0 Å². The molecule has 0 aromatic carbocycles. The molecule has 0 spiro atoms. The fourth-order valence-corrected chi connectivity index (χ4v) is 1.72. The molecule has 2 aliphatic heterocycles. The minimum atomic E-state index is 0.602. The van der Waals surface area contributed by atoms with E-state index in [9.17, 15) is 0 Å². The highest BCUT2D eigenvalue weighted by molar-refractivity contribution is 6.44. The fraction of sp³-hybridized carbons (Fsp3) is 0.143. The van der Waals surface area contributed by atoms with Crippen LogP contribution in [-0.4, -0.2) is 24.4 Å². The molecule has 0 aromatic heterocycles. The number of nitrogens with zero attached hydrogens (tertiary/aromatic N) is 4. The molecule has 4 heteroatoms. The topological polar surface area (TPSA) is 49.4 Å². The first-order valence-electron chi connectivity index (χ1n) is 5.60. The van der Waals surface area contributed by atoms with E-state index >= 15 is 0 Å². The Morgan fingerprint density at radius 2 is 1.94 bits per heavy atom. The quantitative estimate of drug-likeness (QED) is 0.661. The first kappa shape index (κ1) is 12.1. The summed E-state index contributed by atoms with van der Waals surface area (Å²) in [4.78, 5) is 16.7. The van der Waals surface area contributed by atoms with E-state index in [2.05, 4.69) is 39.8 Å². The van der Waals surface area contributed by atoms with E-state index in [1.807, 2.05) is 12.2 Å². The molecule has 0 saturated carbocycles. The van der Waals surface area contributed by atoms with Crippen molar-refractivity contribution >= 4 is 24.4 Å². The van der Waals surface area contributed by atoms with E-state index < -0.39 is 0 Å². The fourth-order valence-electron chi connectivity index (χ4n) is 1.72. The van der Waals surface area contributed by atoms with E-state index in [0.717, 1.165) is 35.7 Å². The van der Waals surface area contributed by atoms with Crippen molar-refractivity contribution in [1.29, 1.82) is 0 Å². The van der Waals surface area contributed by atoms with Gasteiger partial charge in [-0.05, 0) is 6.72 Å². The zero-order valence-electron chi connectivity index (χ0n) is 10.1. The molecule has 18 heavy (non-hydrogen) atoms. The molecule has 0 N–H and O–H groups in total. The van der Waals surface area contributed by atoms with Gasteiger partial charge in [0.25, 0.3) is 0 Å². The zero-order valence-corrected chi connectivity index (χ0v) is 10.1. The van der Waals surface area contributed by atoms with Gasteiger partial charge in [-0.1, -0.05) is 25.3 Å². The lowest BCUT2D eigenvalue weighted by Gasteiger charge is -1.98. The van der Waals surface area contributed by atoms with Crippen molar-refractivity contribution in [1.82, 2.24) is 0 Å². The minimum absolute atomic E-state index is 0.602. The van der Waals surface area contributed by atoms with Gasteiger partial charge in [-0.15, -0.1) is 0 Å². The molecular weight excluding hydrogens is 224 g/mol. The summed E-state index contributed by atoms with van der Waals surface area (Å²) in [6, 6.07) is 0. The molecule has 0 fully saturated rings. The predicted molar refractivity (Wildman–Crippen MR) is 77.6 cm³/mol. The predicted octanol–water partition coefficient (Wildman–Crippen LogP) is 2.87. The van der Waals surface area contributed by atoms with Gasteiger partial charge in [0, 0.05) is 19.0 Å². The van der Waals surface area contributed by atoms with E-state index in [-0.39, 0.29) is 0 Å². The third kappa shape index (κ3) is 2.48. The monoisotopic (exact) mass is 238 g/mol. The maximum absolute atomic E-state index is 4.47. The molecule has 0 saturated heterocycles. The van der Waals surface area contributed by atoms with Crippen LogP contribution in [0.1, 0.15) is 12.8 Å². The van der Waals surface area contributed by atoms with E-state index in [0.29, 0.717) is 5.70 Å². The van der Waals surface area contributed by atoms with Crippen molar-refractivity contribution in [2.45, 2.75) is 12.8 Å². The van der Waals surface area contributed by atoms with Crippen molar-refractivity contribution < 1.29 is 0 Å². The smallest absolute Gasteiger partial charge is 0.0848 e. The van der Waals surface area contributed by atoms with Crippen molar-refractivity contribution in [3.05, 3.63) is 48.6 Å². The van der Waals surface area contributed by atoms with Gasteiger partial charge in [0.2, 0.25) is 0 Å². The largest absolute Gasteiger partial charge is 0.263 e. The molecule has 0 radical (unpaired) electrons. The molecule has 0 amide bonds. The SMILES string of the molecule is C=CN=CC1=CCC(C2=NC(C(=C)N=C)=CC2)=N1. The highest BCUT2D eigenvalue weighted by atomic mass is 14.9. The lowest BCUT2D eigenvalue weighted by atomic mass is 10.1. The Morgan fingerprint density at radius 1 is 1.22 bits per heavy atom. The zero-order chi connectivity index (χ0) is 13.0. The Hall–Kier alpha value is -2.36. The highest BCUT2D eigenvalue weighted by Crippen LogP contribution is 2.21. The summed E-state index contributed by atoms with van der Waals surface area (Å²) in [6.45, 7) is 10.8. The van der Waals surface area contributed by atoms with Crippen LogP contribution in [-0.2, 0) is 0 Å². The Bertz CT molecular complexity index is 556. The van der Waals surface area contributed by atoms with Crippen LogP contribution in [0.3, 0.4) is 0 Å². The second-order valence-electron chi connectivity index (χ2n) is 3.81. The van der Waals surface area contributed by atoms with Gasteiger partial charge in [-0.3, -0.25) is 9.98 Å². The lowest BCUT2D eigenvalue weighted by Crippen LogP contribution is -2.08. The normalized spacial score (nSPS) is 18.2. The highest BCUT2D eigenvalue weighted by Gasteiger charge is 2.18. The van der Waals surface area contributed by atoms with Gasteiger partial charge in [-0.2, -0.15) is 0 Å². The molecule has 0 unspecified atom stereocenters. The van der Waals surface area contributed by atoms with Crippen molar-refractivity contribution in [2.24, 2.45) is 20.0 Å². The van der Waals surface area contributed by atoms with Crippen molar-refractivity contribution in [2.75, 3.05) is 0 Å². The van der Waals surface area contributed by atoms with E-state index in [1.54, 1.807) is 6.21 Å². The van der Waals surface area contributed by atoms with Crippen LogP contribution in [0, 0.1) is 0 Å². The average molecular weight is 238 g/mol. The molecule has 2 heterocycles.